The fourth-order valence-electron chi connectivity index (χ4n) is 3.54. The number of phenolic OH excluding ortho intramolecular Hbond substituents is 1. The van der Waals surface area contributed by atoms with Crippen LogP contribution in [0.25, 0.3) is 0 Å². The summed E-state index contributed by atoms with van der Waals surface area (Å²) in [5.41, 5.74) is -0.186. The standard InChI is InChI=1S/C18H23FN2O4/c19-16-6-5-14(22)8-15(16)18(25)20-9-13-4-3-12(7-17(23)24)21(13)10-11-1-2-11/h5-6,8,11-13,22H,1-4,7,9-10H2,(H,20,25)(H,23,24)/t12-,13+/m1/s1. The molecule has 1 aliphatic carbocycles. The molecule has 0 unspecified atom stereocenters. The molecule has 6 nitrogen and oxygen atoms in total. The number of hydrogen-bond acceptors (Lipinski definition) is 4. The van der Waals surface area contributed by atoms with Crippen LogP contribution < -0.4 is 5.32 Å². The van der Waals surface area contributed by atoms with E-state index in [4.69, 9.17) is 5.11 Å². The number of hydrogen-bond donors (Lipinski definition) is 3. The molecule has 25 heavy (non-hydrogen) atoms. The summed E-state index contributed by atoms with van der Waals surface area (Å²) in [5.74, 6) is -1.60. The molecule has 1 aliphatic heterocycles. The lowest BCUT2D eigenvalue weighted by molar-refractivity contribution is -0.138. The van der Waals surface area contributed by atoms with Crippen molar-refractivity contribution in [2.75, 3.05) is 13.1 Å². The molecule has 1 amide bonds. The second-order valence-corrected chi connectivity index (χ2v) is 7.00. The third-order valence-electron chi connectivity index (χ3n) is 5.04. The Morgan fingerprint density at radius 3 is 2.60 bits per heavy atom. The van der Waals surface area contributed by atoms with Crippen LogP contribution in [0.2, 0.25) is 0 Å². The van der Waals surface area contributed by atoms with E-state index in [1.807, 2.05) is 0 Å². The maximum absolute atomic E-state index is 13.7. The lowest BCUT2D eigenvalue weighted by Crippen LogP contribution is -2.44. The Bertz CT molecular complexity index is 662. The van der Waals surface area contributed by atoms with Gasteiger partial charge < -0.3 is 15.5 Å². The number of carboxylic acid groups (broad SMARTS) is 1. The molecule has 1 saturated heterocycles. The number of carboxylic acids is 1. The molecule has 1 heterocycles. The highest BCUT2D eigenvalue weighted by Gasteiger charge is 2.38. The fraction of sp³-hybridized carbons (Fsp3) is 0.556. The van der Waals surface area contributed by atoms with Gasteiger partial charge in [-0.15, -0.1) is 0 Å². The third-order valence-corrected chi connectivity index (χ3v) is 5.04. The first kappa shape index (κ1) is 17.7. The normalized spacial score (nSPS) is 23.6. The number of nitrogens with zero attached hydrogens (tertiary/aromatic N) is 1. The van der Waals surface area contributed by atoms with Crippen LogP contribution in [0.1, 0.15) is 42.5 Å². The van der Waals surface area contributed by atoms with Gasteiger partial charge >= 0.3 is 5.97 Å². The van der Waals surface area contributed by atoms with Crippen molar-refractivity contribution in [1.82, 2.24) is 10.2 Å². The Morgan fingerprint density at radius 2 is 1.92 bits per heavy atom. The van der Waals surface area contributed by atoms with Crippen molar-refractivity contribution in [3.63, 3.8) is 0 Å². The Kier molecular flexibility index (Phi) is 5.22. The van der Waals surface area contributed by atoms with E-state index in [1.54, 1.807) is 0 Å². The van der Waals surface area contributed by atoms with E-state index in [9.17, 15) is 19.1 Å². The van der Waals surface area contributed by atoms with E-state index in [0.29, 0.717) is 12.5 Å². The first-order chi connectivity index (χ1) is 11.9. The highest BCUT2D eigenvalue weighted by atomic mass is 19.1. The van der Waals surface area contributed by atoms with Gasteiger partial charge in [-0.3, -0.25) is 14.5 Å². The lowest BCUT2D eigenvalue weighted by atomic mass is 10.1. The minimum Gasteiger partial charge on any atom is -0.508 e. The molecule has 0 radical (unpaired) electrons. The Hall–Kier alpha value is -2.15. The topological polar surface area (TPSA) is 89.9 Å². The van der Waals surface area contributed by atoms with Crippen LogP contribution in [0.5, 0.6) is 5.75 Å². The average Bonchev–Trinajstić information content (AvgIpc) is 3.30. The zero-order valence-corrected chi connectivity index (χ0v) is 13.9. The molecule has 3 N–H and O–H groups in total. The monoisotopic (exact) mass is 350 g/mol. The molecule has 0 bridgehead atoms. The Balaban J connectivity index is 1.61. The van der Waals surface area contributed by atoms with Crippen molar-refractivity contribution >= 4 is 11.9 Å². The summed E-state index contributed by atoms with van der Waals surface area (Å²) in [4.78, 5) is 25.5. The van der Waals surface area contributed by atoms with Gasteiger partial charge in [0.15, 0.2) is 0 Å². The van der Waals surface area contributed by atoms with Crippen molar-refractivity contribution in [2.45, 2.75) is 44.2 Å². The predicted molar refractivity (Wildman–Crippen MR) is 88.9 cm³/mol. The number of amides is 1. The van der Waals surface area contributed by atoms with Gasteiger partial charge in [0, 0.05) is 25.2 Å². The van der Waals surface area contributed by atoms with E-state index >= 15 is 0 Å². The molecule has 1 aromatic carbocycles. The molecule has 2 fully saturated rings. The number of carbonyl (C=O) groups is 2. The zero-order valence-electron chi connectivity index (χ0n) is 13.9. The quantitative estimate of drug-likeness (QED) is 0.700. The van der Waals surface area contributed by atoms with Crippen molar-refractivity contribution < 1.29 is 24.2 Å². The summed E-state index contributed by atoms with van der Waals surface area (Å²) in [6.45, 7) is 1.20. The average molecular weight is 350 g/mol. The maximum Gasteiger partial charge on any atom is 0.304 e. The molecule has 0 aromatic heterocycles. The van der Waals surface area contributed by atoms with E-state index in [0.717, 1.165) is 31.5 Å². The van der Waals surface area contributed by atoms with Gasteiger partial charge in [-0.25, -0.2) is 4.39 Å². The predicted octanol–water partition coefficient (Wildman–Crippen LogP) is 1.98. The molecule has 1 aromatic rings. The number of phenols is 1. The smallest absolute Gasteiger partial charge is 0.304 e. The third kappa shape index (κ3) is 4.48. The molecule has 0 spiro atoms. The van der Waals surface area contributed by atoms with Gasteiger partial charge in [0.1, 0.15) is 11.6 Å². The second kappa shape index (κ2) is 7.39. The summed E-state index contributed by atoms with van der Waals surface area (Å²) in [6.07, 6.45) is 4.06. The zero-order chi connectivity index (χ0) is 18.0. The first-order valence-corrected chi connectivity index (χ1v) is 8.68. The van der Waals surface area contributed by atoms with Crippen molar-refractivity contribution in [2.24, 2.45) is 5.92 Å². The largest absolute Gasteiger partial charge is 0.508 e. The molecule has 1 saturated carbocycles. The molecule has 3 rings (SSSR count). The van der Waals surface area contributed by atoms with E-state index < -0.39 is 17.7 Å². The van der Waals surface area contributed by atoms with Crippen LogP contribution >= 0.6 is 0 Å². The second-order valence-electron chi connectivity index (χ2n) is 7.00. The van der Waals surface area contributed by atoms with Crippen molar-refractivity contribution in [3.05, 3.63) is 29.6 Å². The van der Waals surface area contributed by atoms with Gasteiger partial charge in [0.05, 0.1) is 12.0 Å². The minimum absolute atomic E-state index is 0.00231. The van der Waals surface area contributed by atoms with E-state index in [-0.39, 0.29) is 29.8 Å². The minimum atomic E-state index is -0.808. The van der Waals surface area contributed by atoms with Crippen LogP contribution in [0, 0.1) is 11.7 Å². The van der Waals surface area contributed by atoms with Crippen LogP contribution in [-0.4, -0.2) is 52.2 Å². The number of carbonyl (C=O) groups excluding carboxylic acids is 1. The number of halogens is 1. The van der Waals surface area contributed by atoms with Crippen LogP contribution in [-0.2, 0) is 4.79 Å². The maximum atomic E-state index is 13.7. The molecule has 2 atom stereocenters. The van der Waals surface area contributed by atoms with E-state index in [2.05, 4.69) is 10.2 Å². The van der Waals surface area contributed by atoms with Gasteiger partial charge in [0.2, 0.25) is 0 Å². The molecule has 7 heteroatoms. The van der Waals surface area contributed by atoms with Gasteiger partial charge in [-0.05, 0) is 49.8 Å². The summed E-state index contributed by atoms with van der Waals surface area (Å²) in [5, 5.41) is 21.2. The number of nitrogens with one attached hydrogen (secondary N) is 1. The van der Waals surface area contributed by atoms with Gasteiger partial charge in [-0.1, -0.05) is 0 Å². The van der Waals surface area contributed by atoms with Crippen LogP contribution in [0.4, 0.5) is 4.39 Å². The molecular formula is C18H23FN2O4. The number of likely N-dealkylation sites (tertiary alicyclic amines) is 1. The SMILES string of the molecule is O=C(O)C[C@H]1CC[C@@H](CNC(=O)c2cc(O)ccc2F)N1CC1CC1. The number of benzene rings is 1. The number of aliphatic carboxylic acids is 1. The van der Waals surface area contributed by atoms with Crippen molar-refractivity contribution in [1.29, 1.82) is 0 Å². The molecule has 136 valence electrons. The molecular weight excluding hydrogens is 327 g/mol. The fourth-order valence-corrected chi connectivity index (χ4v) is 3.54. The summed E-state index contributed by atoms with van der Waals surface area (Å²) >= 11 is 0. The Morgan fingerprint density at radius 1 is 1.20 bits per heavy atom. The first-order valence-electron chi connectivity index (χ1n) is 8.68. The number of aromatic hydroxyl groups is 1. The summed E-state index contributed by atoms with van der Waals surface area (Å²) in [7, 11) is 0. The van der Waals surface area contributed by atoms with Crippen LogP contribution in [0.15, 0.2) is 18.2 Å². The van der Waals surface area contributed by atoms with Gasteiger partial charge in [0.25, 0.3) is 5.91 Å². The lowest BCUT2D eigenvalue weighted by Gasteiger charge is -2.29. The highest BCUT2D eigenvalue weighted by molar-refractivity contribution is 5.94. The van der Waals surface area contributed by atoms with Crippen LogP contribution in [0.3, 0.4) is 0 Å². The summed E-state index contributed by atoms with van der Waals surface area (Å²) < 4.78 is 13.7. The summed E-state index contributed by atoms with van der Waals surface area (Å²) in [6, 6.07) is 3.42. The molecule has 2 aliphatic rings. The number of rotatable bonds is 7. The Labute approximate surface area is 145 Å². The van der Waals surface area contributed by atoms with Gasteiger partial charge in [-0.2, -0.15) is 0 Å². The van der Waals surface area contributed by atoms with E-state index in [1.165, 1.54) is 18.9 Å². The highest BCUT2D eigenvalue weighted by Crippen LogP contribution is 2.35. The van der Waals surface area contributed by atoms with Crippen molar-refractivity contribution in [3.8, 4) is 5.75 Å².